The molecule has 0 aliphatic rings. The first-order chi connectivity index (χ1) is 7.79. The minimum absolute atomic E-state index is 0.259. The number of hydrogen-bond acceptors (Lipinski definition) is 5. The van der Waals surface area contributed by atoms with E-state index in [1.807, 2.05) is 6.07 Å². The van der Waals surface area contributed by atoms with Gasteiger partial charge in [0.05, 0.1) is 5.56 Å². The van der Waals surface area contributed by atoms with Crippen LogP contribution in [-0.2, 0) is 0 Å². The SMILES string of the molecule is N#Cc1ccc(C(=O)Nc2ncn[nH]2)cn1. The first-order valence-electron chi connectivity index (χ1n) is 4.32. The van der Waals surface area contributed by atoms with E-state index in [-0.39, 0.29) is 17.5 Å². The van der Waals surface area contributed by atoms with E-state index < -0.39 is 0 Å². The van der Waals surface area contributed by atoms with Crippen molar-refractivity contribution in [3.05, 3.63) is 35.9 Å². The van der Waals surface area contributed by atoms with Crippen molar-refractivity contribution in [3.63, 3.8) is 0 Å². The van der Waals surface area contributed by atoms with Crippen LogP contribution in [0.5, 0.6) is 0 Å². The number of rotatable bonds is 2. The molecule has 0 spiro atoms. The third kappa shape index (κ3) is 2.01. The van der Waals surface area contributed by atoms with Crippen molar-refractivity contribution in [1.82, 2.24) is 20.2 Å². The van der Waals surface area contributed by atoms with Crippen molar-refractivity contribution in [2.75, 3.05) is 5.32 Å². The Bertz CT molecular complexity index is 524. The number of pyridine rings is 1. The number of aromatic nitrogens is 4. The van der Waals surface area contributed by atoms with Crippen LogP contribution in [-0.4, -0.2) is 26.1 Å². The molecule has 78 valence electrons. The number of anilines is 1. The van der Waals surface area contributed by atoms with Crippen molar-refractivity contribution in [3.8, 4) is 6.07 Å². The van der Waals surface area contributed by atoms with Crippen LogP contribution in [0.4, 0.5) is 5.95 Å². The van der Waals surface area contributed by atoms with Gasteiger partial charge in [-0.2, -0.15) is 15.3 Å². The lowest BCUT2D eigenvalue weighted by Crippen LogP contribution is -2.13. The molecule has 0 fully saturated rings. The van der Waals surface area contributed by atoms with Gasteiger partial charge in [0.25, 0.3) is 5.91 Å². The lowest BCUT2D eigenvalue weighted by molar-refractivity contribution is 0.102. The van der Waals surface area contributed by atoms with Crippen molar-refractivity contribution in [1.29, 1.82) is 5.26 Å². The summed E-state index contributed by atoms with van der Waals surface area (Å²) in [6.07, 6.45) is 2.61. The Hall–Kier alpha value is -2.75. The van der Waals surface area contributed by atoms with E-state index >= 15 is 0 Å². The van der Waals surface area contributed by atoms with Crippen molar-refractivity contribution < 1.29 is 4.79 Å². The molecule has 0 saturated carbocycles. The lowest BCUT2D eigenvalue weighted by Gasteiger charge is -2.00. The van der Waals surface area contributed by atoms with E-state index in [1.54, 1.807) is 0 Å². The third-order valence-electron chi connectivity index (χ3n) is 1.79. The molecule has 0 aliphatic heterocycles. The zero-order valence-electron chi connectivity index (χ0n) is 8.01. The summed E-state index contributed by atoms with van der Waals surface area (Å²) in [6, 6.07) is 4.85. The number of carbonyl (C=O) groups is 1. The number of carbonyl (C=O) groups excluding carboxylic acids is 1. The lowest BCUT2D eigenvalue weighted by atomic mass is 10.2. The van der Waals surface area contributed by atoms with Crippen molar-refractivity contribution in [2.24, 2.45) is 0 Å². The minimum Gasteiger partial charge on any atom is -0.291 e. The summed E-state index contributed by atoms with van der Waals surface area (Å²) in [5.74, 6) is -0.108. The maximum Gasteiger partial charge on any atom is 0.259 e. The van der Waals surface area contributed by atoms with Gasteiger partial charge in [-0.3, -0.25) is 10.1 Å². The zero-order chi connectivity index (χ0) is 11.4. The second kappa shape index (κ2) is 4.18. The average Bonchev–Trinajstić information content (AvgIpc) is 2.82. The van der Waals surface area contributed by atoms with Gasteiger partial charge in [-0.05, 0) is 12.1 Å². The van der Waals surface area contributed by atoms with Crippen LogP contribution >= 0.6 is 0 Å². The molecule has 0 aliphatic carbocycles. The van der Waals surface area contributed by atoms with Crippen molar-refractivity contribution in [2.45, 2.75) is 0 Å². The summed E-state index contributed by atoms with van der Waals surface area (Å²) in [5, 5.41) is 17.1. The van der Waals surface area contributed by atoms with Crippen LogP contribution in [0.2, 0.25) is 0 Å². The maximum atomic E-state index is 11.6. The van der Waals surface area contributed by atoms with Gasteiger partial charge in [0.2, 0.25) is 5.95 Å². The van der Waals surface area contributed by atoms with Gasteiger partial charge in [0, 0.05) is 6.20 Å². The standard InChI is InChI=1S/C9H6N6O/c10-3-7-2-1-6(4-11-7)8(16)14-9-12-5-13-15-9/h1-2,4-5H,(H2,12,13,14,15,16). The smallest absolute Gasteiger partial charge is 0.259 e. The molecule has 0 unspecified atom stereocenters. The third-order valence-corrected chi connectivity index (χ3v) is 1.79. The first kappa shape index (κ1) is 9.79. The molecule has 0 bridgehead atoms. The Morgan fingerprint density at radius 3 is 2.88 bits per heavy atom. The van der Waals surface area contributed by atoms with E-state index in [2.05, 4.69) is 25.5 Å². The van der Waals surface area contributed by atoms with Crippen LogP contribution in [0.15, 0.2) is 24.7 Å². The first-order valence-corrected chi connectivity index (χ1v) is 4.32. The molecular weight excluding hydrogens is 208 g/mol. The quantitative estimate of drug-likeness (QED) is 0.748. The molecule has 2 N–H and O–H groups in total. The molecule has 0 aromatic carbocycles. The second-order valence-electron chi connectivity index (χ2n) is 2.83. The number of aromatic amines is 1. The van der Waals surface area contributed by atoms with E-state index in [0.29, 0.717) is 5.56 Å². The van der Waals surface area contributed by atoms with Gasteiger partial charge in [-0.25, -0.2) is 10.1 Å². The van der Waals surface area contributed by atoms with Gasteiger partial charge >= 0.3 is 0 Å². The van der Waals surface area contributed by atoms with Crippen molar-refractivity contribution >= 4 is 11.9 Å². The molecule has 7 heteroatoms. The molecule has 2 aromatic rings. The van der Waals surface area contributed by atoms with Gasteiger partial charge in [-0.15, -0.1) is 0 Å². The van der Waals surface area contributed by atoms with Crippen LogP contribution in [0.1, 0.15) is 16.1 Å². The number of nitrogens with zero attached hydrogens (tertiary/aromatic N) is 4. The minimum atomic E-state index is -0.367. The highest BCUT2D eigenvalue weighted by Gasteiger charge is 2.07. The highest BCUT2D eigenvalue weighted by Crippen LogP contribution is 2.02. The maximum absolute atomic E-state index is 11.6. The molecule has 0 radical (unpaired) electrons. The fraction of sp³-hybridized carbons (Fsp3) is 0. The Kier molecular flexibility index (Phi) is 2.56. The summed E-state index contributed by atoms with van der Waals surface area (Å²) in [6.45, 7) is 0. The second-order valence-corrected chi connectivity index (χ2v) is 2.83. The number of amides is 1. The highest BCUT2D eigenvalue weighted by molar-refractivity contribution is 6.03. The number of nitrogens with one attached hydrogen (secondary N) is 2. The average molecular weight is 214 g/mol. The van der Waals surface area contributed by atoms with Crippen LogP contribution in [0.25, 0.3) is 0 Å². The fourth-order valence-electron chi connectivity index (χ4n) is 1.04. The summed E-state index contributed by atoms with van der Waals surface area (Å²) in [5.41, 5.74) is 0.603. The normalized spacial score (nSPS) is 9.44. The Balaban J connectivity index is 2.12. The van der Waals surface area contributed by atoms with Gasteiger partial charge in [0.1, 0.15) is 18.1 Å². The largest absolute Gasteiger partial charge is 0.291 e. The Morgan fingerprint density at radius 2 is 2.31 bits per heavy atom. The van der Waals surface area contributed by atoms with Gasteiger partial charge in [-0.1, -0.05) is 0 Å². The van der Waals surface area contributed by atoms with Gasteiger partial charge in [0.15, 0.2) is 0 Å². The molecule has 2 heterocycles. The summed E-state index contributed by atoms with van der Waals surface area (Å²) >= 11 is 0. The van der Waals surface area contributed by atoms with E-state index in [9.17, 15) is 4.79 Å². The van der Waals surface area contributed by atoms with E-state index in [1.165, 1.54) is 24.7 Å². The van der Waals surface area contributed by atoms with Crippen LogP contribution < -0.4 is 5.32 Å². The van der Waals surface area contributed by atoms with Crippen LogP contribution in [0, 0.1) is 11.3 Å². The number of nitriles is 1. The molecule has 0 atom stereocenters. The molecule has 1 amide bonds. The summed E-state index contributed by atoms with van der Waals surface area (Å²) < 4.78 is 0. The van der Waals surface area contributed by atoms with E-state index in [0.717, 1.165) is 0 Å². The topological polar surface area (TPSA) is 107 Å². The molecule has 2 aromatic heterocycles. The van der Waals surface area contributed by atoms with Crippen LogP contribution in [0.3, 0.4) is 0 Å². The predicted octanol–water partition coefficient (Wildman–Crippen LogP) is 0.324. The molecule has 16 heavy (non-hydrogen) atoms. The predicted molar refractivity (Wildman–Crippen MR) is 53.3 cm³/mol. The molecule has 0 saturated heterocycles. The Labute approximate surface area is 90.2 Å². The molecule has 7 nitrogen and oxygen atoms in total. The fourth-order valence-corrected chi connectivity index (χ4v) is 1.04. The highest BCUT2D eigenvalue weighted by atomic mass is 16.1. The van der Waals surface area contributed by atoms with E-state index in [4.69, 9.17) is 5.26 Å². The summed E-state index contributed by atoms with van der Waals surface area (Å²) in [4.78, 5) is 19.1. The molecule has 2 rings (SSSR count). The van der Waals surface area contributed by atoms with Gasteiger partial charge < -0.3 is 0 Å². The monoisotopic (exact) mass is 214 g/mol. The summed E-state index contributed by atoms with van der Waals surface area (Å²) in [7, 11) is 0. The number of hydrogen-bond donors (Lipinski definition) is 2. The Morgan fingerprint density at radius 1 is 1.44 bits per heavy atom. The zero-order valence-corrected chi connectivity index (χ0v) is 8.01. The number of H-pyrrole nitrogens is 1. The molecular formula is C9H6N6O.